The van der Waals surface area contributed by atoms with E-state index in [1.165, 1.54) is 0 Å². The van der Waals surface area contributed by atoms with Crippen molar-refractivity contribution < 1.29 is 9.53 Å². The number of guanidine groups is 1. The van der Waals surface area contributed by atoms with Gasteiger partial charge in [-0.05, 0) is 61.8 Å². The SMILES string of the molecule is CCNC(=NCCCN(C(C)C)C(C)C)NCCNC(=O)OC(C)(C)C. The van der Waals surface area contributed by atoms with Gasteiger partial charge in [0.15, 0.2) is 5.96 Å². The molecule has 0 radical (unpaired) electrons. The minimum atomic E-state index is -0.478. The van der Waals surface area contributed by atoms with E-state index in [-0.39, 0.29) is 0 Å². The molecule has 7 heteroatoms. The average Bonchev–Trinajstić information content (AvgIpc) is 2.48. The van der Waals surface area contributed by atoms with Gasteiger partial charge in [0.2, 0.25) is 0 Å². The highest BCUT2D eigenvalue weighted by Gasteiger charge is 2.15. The van der Waals surface area contributed by atoms with E-state index in [4.69, 9.17) is 4.74 Å². The Morgan fingerprint density at radius 3 is 2.12 bits per heavy atom. The molecule has 0 unspecified atom stereocenters. The van der Waals surface area contributed by atoms with E-state index in [2.05, 4.69) is 53.5 Å². The van der Waals surface area contributed by atoms with Crippen LogP contribution in [0.1, 0.15) is 61.8 Å². The molecule has 0 aromatic rings. The molecule has 0 atom stereocenters. The van der Waals surface area contributed by atoms with Gasteiger partial charge in [0.05, 0.1) is 0 Å². The summed E-state index contributed by atoms with van der Waals surface area (Å²) >= 11 is 0. The molecule has 0 spiro atoms. The van der Waals surface area contributed by atoms with Crippen molar-refractivity contribution in [2.24, 2.45) is 4.99 Å². The molecule has 3 N–H and O–H groups in total. The summed E-state index contributed by atoms with van der Waals surface area (Å²) in [6, 6.07) is 1.09. The van der Waals surface area contributed by atoms with E-state index in [1.807, 2.05) is 27.7 Å². The van der Waals surface area contributed by atoms with Crippen LogP contribution < -0.4 is 16.0 Å². The zero-order valence-corrected chi connectivity index (χ0v) is 18.1. The minimum Gasteiger partial charge on any atom is -0.444 e. The molecule has 0 saturated heterocycles. The van der Waals surface area contributed by atoms with Gasteiger partial charge >= 0.3 is 6.09 Å². The lowest BCUT2D eigenvalue weighted by atomic mass is 10.2. The number of carbonyl (C=O) groups is 1. The van der Waals surface area contributed by atoms with E-state index in [0.29, 0.717) is 25.2 Å². The molecular weight excluding hydrogens is 330 g/mol. The van der Waals surface area contributed by atoms with Crippen molar-refractivity contribution in [3.8, 4) is 0 Å². The molecule has 0 heterocycles. The number of alkyl carbamates (subject to hydrolysis) is 1. The Morgan fingerprint density at radius 1 is 1.04 bits per heavy atom. The highest BCUT2D eigenvalue weighted by molar-refractivity contribution is 5.79. The fourth-order valence-electron chi connectivity index (χ4n) is 2.56. The molecule has 0 aliphatic carbocycles. The average molecular weight is 372 g/mol. The van der Waals surface area contributed by atoms with Gasteiger partial charge in [-0.2, -0.15) is 0 Å². The van der Waals surface area contributed by atoms with Crippen molar-refractivity contribution in [3.05, 3.63) is 0 Å². The van der Waals surface area contributed by atoms with Crippen LogP contribution in [0.2, 0.25) is 0 Å². The second kappa shape index (κ2) is 12.8. The van der Waals surface area contributed by atoms with E-state index in [0.717, 1.165) is 32.0 Å². The third-order valence-corrected chi connectivity index (χ3v) is 3.60. The third kappa shape index (κ3) is 12.8. The van der Waals surface area contributed by atoms with Crippen LogP contribution in [-0.2, 0) is 4.74 Å². The van der Waals surface area contributed by atoms with E-state index in [9.17, 15) is 4.79 Å². The number of nitrogens with one attached hydrogen (secondary N) is 3. The second-order valence-corrected chi connectivity index (χ2v) is 7.89. The fraction of sp³-hybridized carbons (Fsp3) is 0.895. The summed E-state index contributed by atoms with van der Waals surface area (Å²) in [6.07, 6.45) is 0.618. The normalized spacial score (nSPS) is 12.7. The summed E-state index contributed by atoms with van der Waals surface area (Å²) in [5, 5.41) is 9.18. The molecule has 0 rings (SSSR count). The van der Waals surface area contributed by atoms with Crippen LogP contribution in [0.4, 0.5) is 4.79 Å². The molecule has 0 bridgehead atoms. The molecule has 0 fully saturated rings. The van der Waals surface area contributed by atoms with Gasteiger partial charge in [-0.25, -0.2) is 4.79 Å². The smallest absolute Gasteiger partial charge is 0.407 e. The van der Waals surface area contributed by atoms with Gasteiger partial charge in [0.25, 0.3) is 0 Å². The largest absolute Gasteiger partial charge is 0.444 e. The highest BCUT2D eigenvalue weighted by Crippen LogP contribution is 2.06. The van der Waals surface area contributed by atoms with Crippen LogP contribution in [0.5, 0.6) is 0 Å². The predicted octanol–water partition coefficient (Wildman–Crippen LogP) is 2.58. The lowest BCUT2D eigenvalue weighted by Gasteiger charge is -2.30. The fourth-order valence-corrected chi connectivity index (χ4v) is 2.56. The first-order valence-electron chi connectivity index (χ1n) is 9.81. The zero-order chi connectivity index (χ0) is 20.2. The third-order valence-electron chi connectivity index (χ3n) is 3.60. The van der Waals surface area contributed by atoms with Crippen molar-refractivity contribution in [3.63, 3.8) is 0 Å². The van der Waals surface area contributed by atoms with Crippen molar-refractivity contribution in [1.29, 1.82) is 0 Å². The predicted molar refractivity (Wildman–Crippen MR) is 110 cm³/mol. The lowest BCUT2D eigenvalue weighted by Crippen LogP contribution is -2.42. The lowest BCUT2D eigenvalue weighted by molar-refractivity contribution is 0.0529. The number of hydrogen-bond donors (Lipinski definition) is 3. The summed E-state index contributed by atoms with van der Waals surface area (Å²) in [5.74, 6) is 0.777. The van der Waals surface area contributed by atoms with Crippen molar-refractivity contribution >= 4 is 12.1 Å². The van der Waals surface area contributed by atoms with Gasteiger partial charge in [-0.3, -0.25) is 9.89 Å². The molecule has 0 aromatic heterocycles. The van der Waals surface area contributed by atoms with Crippen molar-refractivity contribution in [1.82, 2.24) is 20.9 Å². The van der Waals surface area contributed by atoms with E-state index in [1.54, 1.807) is 0 Å². The molecular formula is C19H41N5O2. The quantitative estimate of drug-likeness (QED) is 0.312. The van der Waals surface area contributed by atoms with Gasteiger partial charge in [0.1, 0.15) is 5.60 Å². The summed E-state index contributed by atoms with van der Waals surface area (Å²) in [4.78, 5) is 18.7. The number of ether oxygens (including phenoxy) is 1. The van der Waals surface area contributed by atoms with Gasteiger partial charge in [-0.1, -0.05) is 0 Å². The van der Waals surface area contributed by atoms with Crippen molar-refractivity contribution in [2.75, 3.05) is 32.7 Å². The van der Waals surface area contributed by atoms with Gasteiger partial charge < -0.3 is 20.7 Å². The summed E-state index contributed by atoms with van der Waals surface area (Å²) < 4.78 is 5.20. The van der Waals surface area contributed by atoms with Crippen LogP contribution >= 0.6 is 0 Å². The Labute approximate surface area is 160 Å². The number of rotatable bonds is 10. The summed E-state index contributed by atoms with van der Waals surface area (Å²) in [5.41, 5.74) is -0.478. The molecule has 26 heavy (non-hydrogen) atoms. The Hall–Kier alpha value is -1.50. The van der Waals surface area contributed by atoms with Crippen LogP contribution in [0.25, 0.3) is 0 Å². The second-order valence-electron chi connectivity index (χ2n) is 7.89. The van der Waals surface area contributed by atoms with E-state index >= 15 is 0 Å². The Balaban J connectivity index is 4.19. The maximum absolute atomic E-state index is 11.6. The number of hydrogen-bond acceptors (Lipinski definition) is 4. The Bertz CT molecular complexity index is 409. The number of aliphatic imine (C=N–C) groups is 1. The Kier molecular flexibility index (Phi) is 12.1. The highest BCUT2D eigenvalue weighted by atomic mass is 16.6. The molecule has 0 aliphatic rings. The van der Waals surface area contributed by atoms with Crippen LogP contribution in [0.3, 0.4) is 0 Å². The number of carbonyl (C=O) groups excluding carboxylic acids is 1. The van der Waals surface area contributed by atoms with E-state index < -0.39 is 11.7 Å². The minimum absolute atomic E-state index is 0.399. The van der Waals surface area contributed by atoms with Crippen LogP contribution in [0, 0.1) is 0 Å². The molecule has 7 nitrogen and oxygen atoms in total. The number of amides is 1. The molecule has 154 valence electrons. The Morgan fingerprint density at radius 2 is 1.62 bits per heavy atom. The van der Waals surface area contributed by atoms with Crippen molar-refractivity contribution in [2.45, 2.75) is 79.5 Å². The van der Waals surface area contributed by atoms with Gasteiger partial charge in [-0.15, -0.1) is 0 Å². The maximum Gasteiger partial charge on any atom is 0.407 e. The molecule has 0 aliphatic heterocycles. The first-order chi connectivity index (χ1) is 12.1. The summed E-state index contributed by atoms with van der Waals surface area (Å²) in [6.45, 7) is 20.2. The summed E-state index contributed by atoms with van der Waals surface area (Å²) in [7, 11) is 0. The first kappa shape index (κ1) is 24.5. The van der Waals surface area contributed by atoms with Crippen LogP contribution in [0.15, 0.2) is 4.99 Å². The topological polar surface area (TPSA) is 78.0 Å². The standard InChI is InChI=1S/C19H41N5O2/c1-9-20-17(21-11-10-14-24(15(2)3)16(4)5)22-12-13-23-18(25)26-19(6,7)8/h15-16H,9-14H2,1-8H3,(H,23,25)(H2,20,21,22). The first-order valence-corrected chi connectivity index (χ1v) is 9.81. The van der Waals surface area contributed by atoms with Gasteiger partial charge in [0, 0.05) is 44.8 Å². The number of nitrogens with zero attached hydrogens (tertiary/aromatic N) is 2. The molecule has 1 amide bonds. The molecule has 0 saturated carbocycles. The molecule has 0 aromatic carbocycles. The zero-order valence-electron chi connectivity index (χ0n) is 18.1. The maximum atomic E-state index is 11.6. The van der Waals surface area contributed by atoms with Crippen LogP contribution in [-0.4, -0.2) is 67.4 Å². The monoisotopic (exact) mass is 371 g/mol.